The molecule has 0 heterocycles. The van der Waals surface area contributed by atoms with Crippen molar-refractivity contribution in [1.29, 1.82) is 0 Å². The van der Waals surface area contributed by atoms with Gasteiger partial charge < -0.3 is 0 Å². The molecule has 0 atom stereocenters. The molecule has 0 aliphatic heterocycles. The van der Waals surface area contributed by atoms with Crippen LogP contribution in [0.5, 0.6) is 0 Å². The number of carbonyl (C=O) groups excluding carboxylic acids is 1. The van der Waals surface area contributed by atoms with Gasteiger partial charge in [0, 0.05) is 20.1 Å². The number of ketones is 1. The third kappa shape index (κ3) is 2.73. The molecule has 0 saturated carbocycles. The van der Waals surface area contributed by atoms with Crippen LogP contribution in [0.2, 0.25) is 0 Å². The van der Waals surface area contributed by atoms with Gasteiger partial charge in [0.15, 0.2) is 5.78 Å². The summed E-state index contributed by atoms with van der Waals surface area (Å²) in [5.41, 5.74) is 3.53. The standard InChI is InChI=1S/C15H12Br2O/c1-9-8-14(17)10(2)7-13(9)15(18)11-3-5-12(16)6-4-11/h3-8H,1-2H3. The van der Waals surface area contributed by atoms with E-state index in [0.717, 1.165) is 25.6 Å². The average molecular weight is 368 g/mol. The van der Waals surface area contributed by atoms with Gasteiger partial charge in [-0.05, 0) is 61.4 Å². The number of hydrogen-bond acceptors (Lipinski definition) is 1. The molecule has 0 N–H and O–H groups in total. The molecule has 2 aromatic carbocycles. The topological polar surface area (TPSA) is 17.1 Å². The van der Waals surface area contributed by atoms with Crippen molar-refractivity contribution in [1.82, 2.24) is 0 Å². The van der Waals surface area contributed by atoms with Gasteiger partial charge in [-0.1, -0.05) is 31.9 Å². The zero-order chi connectivity index (χ0) is 13.3. The molecule has 0 bridgehead atoms. The molecule has 18 heavy (non-hydrogen) atoms. The van der Waals surface area contributed by atoms with E-state index in [0.29, 0.717) is 5.56 Å². The van der Waals surface area contributed by atoms with Gasteiger partial charge in [-0.25, -0.2) is 0 Å². The predicted octanol–water partition coefficient (Wildman–Crippen LogP) is 5.06. The van der Waals surface area contributed by atoms with Gasteiger partial charge in [0.1, 0.15) is 0 Å². The first-order chi connectivity index (χ1) is 8.49. The van der Waals surface area contributed by atoms with Crippen molar-refractivity contribution in [2.24, 2.45) is 0 Å². The molecular formula is C15H12Br2O. The SMILES string of the molecule is Cc1cc(C(=O)c2ccc(Br)cc2)c(C)cc1Br. The van der Waals surface area contributed by atoms with E-state index in [1.165, 1.54) is 0 Å². The van der Waals surface area contributed by atoms with Crippen LogP contribution >= 0.6 is 31.9 Å². The van der Waals surface area contributed by atoms with E-state index in [-0.39, 0.29) is 5.78 Å². The lowest BCUT2D eigenvalue weighted by Gasteiger charge is -2.08. The number of carbonyl (C=O) groups is 1. The highest BCUT2D eigenvalue weighted by Crippen LogP contribution is 2.23. The quantitative estimate of drug-likeness (QED) is 0.678. The van der Waals surface area contributed by atoms with Crippen LogP contribution in [0, 0.1) is 13.8 Å². The molecule has 0 aliphatic rings. The van der Waals surface area contributed by atoms with Gasteiger partial charge in [0.2, 0.25) is 0 Å². The van der Waals surface area contributed by atoms with Gasteiger partial charge in [0.25, 0.3) is 0 Å². The molecule has 0 amide bonds. The maximum Gasteiger partial charge on any atom is 0.193 e. The van der Waals surface area contributed by atoms with E-state index in [1.807, 2.05) is 50.2 Å². The van der Waals surface area contributed by atoms with Gasteiger partial charge in [-0.15, -0.1) is 0 Å². The average Bonchev–Trinajstić information content (AvgIpc) is 2.34. The number of hydrogen-bond donors (Lipinski definition) is 0. The van der Waals surface area contributed by atoms with Crippen LogP contribution in [0.25, 0.3) is 0 Å². The first kappa shape index (κ1) is 13.5. The molecule has 2 rings (SSSR count). The number of halogens is 2. The van der Waals surface area contributed by atoms with Gasteiger partial charge in [-0.3, -0.25) is 4.79 Å². The molecular weight excluding hydrogens is 356 g/mol. The second-order valence-electron chi connectivity index (χ2n) is 4.25. The zero-order valence-electron chi connectivity index (χ0n) is 10.1. The highest BCUT2D eigenvalue weighted by Gasteiger charge is 2.13. The maximum atomic E-state index is 12.4. The minimum absolute atomic E-state index is 0.0654. The van der Waals surface area contributed by atoms with Crippen LogP contribution in [0.4, 0.5) is 0 Å². The molecule has 0 radical (unpaired) electrons. The highest BCUT2D eigenvalue weighted by molar-refractivity contribution is 9.10. The normalized spacial score (nSPS) is 10.4. The van der Waals surface area contributed by atoms with Crippen molar-refractivity contribution in [2.75, 3.05) is 0 Å². The fraction of sp³-hybridized carbons (Fsp3) is 0.133. The summed E-state index contributed by atoms with van der Waals surface area (Å²) in [5, 5.41) is 0. The zero-order valence-corrected chi connectivity index (χ0v) is 13.3. The lowest BCUT2D eigenvalue weighted by molar-refractivity contribution is 0.103. The van der Waals surface area contributed by atoms with Crippen LogP contribution in [-0.2, 0) is 0 Å². The van der Waals surface area contributed by atoms with Crippen LogP contribution in [0.1, 0.15) is 27.0 Å². The van der Waals surface area contributed by atoms with Crippen LogP contribution in [-0.4, -0.2) is 5.78 Å². The summed E-state index contributed by atoms with van der Waals surface area (Å²) in [6.45, 7) is 3.94. The second kappa shape index (κ2) is 5.37. The van der Waals surface area contributed by atoms with Gasteiger partial charge in [-0.2, -0.15) is 0 Å². The second-order valence-corrected chi connectivity index (χ2v) is 6.02. The predicted molar refractivity (Wildman–Crippen MR) is 81.2 cm³/mol. The minimum atomic E-state index is 0.0654. The molecule has 0 saturated heterocycles. The molecule has 92 valence electrons. The lowest BCUT2D eigenvalue weighted by atomic mass is 9.97. The van der Waals surface area contributed by atoms with E-state index < -0.39 is 0 Å². The Morgan fingerprint density at radius 2 is 1.56 bits per heavy atom. The molecule has 1 nitrogen and oxygen atoms in total. The Labute approximate surface area is 123 Å². The summed E-state index contributed by atoms with van der Waals surface area (Å²) in [5.74, 6) is 0.0654. The summed E-state index contributed by atoms with van der Waals surface area (Å²) in [6, 6.07) is 11.4. The lowest BCUT2D eigenvalue weighted by Crippen LogP contribution is -2.04. The summed E-state index contributed by atoms with van der Waals surface area (Å²) in [6.07, 6.45) is 0. The largest absolute Gasteiger partial charge is 0.289 e. The number of benzene rings is 2. The maximum absolute atomic E-state index is 12.4. The molecule has 0 unspecified atom stereocenters. The highest BCUT2D eigenvalue weighted by atomic mass is 79.9. The molecule has 0 aromatic heterocycles. The van der Waals surface area contributed by atoms with E-state index in [1.54, 1.807) is 0 Å². The Bertz CT molecular complexity index is 601. The van der Waals surface area contributed by atoms with Gasteiger partial charge >= 0.3 is 0 Å². The fourth-order valence-corrected chi connectivity index (χ4v) is 2.50. The molecule has 0 spiro atoms. The van der Waals surface area contributed by atoms with E-state index in [9.17, 15) is 4.79 Å². The number of aryl methyl sites for hydroxylation is 2. The summed E-state index contributed by atoms with van der Waals surface area (Å²) >= 11 is 6.85. The Kier molecular flexibility index (Phi) is 4.03. The van der Waals surface area contributed by atoms with Gasteiger partial charge in [0.05, 0.1) is 0 Å². The van der Waals surface area contributed by atoms with Crippen LogP contribution in [0.15, 0.2) is 45.3 Å². The number of rotatable bonds is 2. The first-order valence-corrected chi connectivity index (χ1v) is 7.14. The van der Waals surface area contributed by atoms with E-state index in [2.05, 4.69) is 31.9 Å². The minimum Gasteiger partial charge on any atom is -0.289 e. The van der Waals surface area contributed by atoms with Crippen molar-refractivity contribution in [2.45, 2.75) is 13.8 Å². The smallest absolute Gasteiger partial charge is 0.193 e. The monoisotopic (exact) mass is 366 g/mol. The van der Waals surface area contributed by atoms with Crippen molar-refractivity contribution in [3.63, 3.8) is 0 Å². The molecule has 2 aromatic rings. The first-order valence-electron chi connectivity index (χ1n) is 5.56. The third-order valence-electron chi connectivity index (χ3n) is 2.86. The van der Waals surface area contributed by atoms with Crippen LogP contribution in [0.3, 0.4) is 0 Å². The van der Waals surface area contributed by atoms with E-state index >= 15 is 0 Å². The van der Waals surface area contributed by atoms with Crippen molar-refractivity contribution >= 4 is 37.6 Å². The fourth-order valence-electron chi connectivity index (χ4n) is 1.78. The van der Waals surface area contributed by atoms with Crippen molar-refractivity contribution in [3.05, 3.63) is 67.6 Å². The summed E-state index contributed by atoms with van der Waals surface area (Å²) in [4.78, 5) is 12.4. The molecule has 3 heteroatoms. The van der Waals surface area contributed by atoms with Crippen molar-refractivity contribution < 1.29 is 4.79 Å². The molecule has 0 fully saturated rings. The summed E-state index contributed by atoms with van der Waals surface area (Å²) < 4.78 is 2.01. The van der Waals surface area contributed by atoms with Crippen molar-refractivity contribution in [3.8, 4) is 0 Å². The molecule has 0 aliphatic carbocycles. The summed E-state index contributed by atoms with van der Waals surface area (Å²) in [7, 11) is 0. The Balaban J connectivity index is 2.46. The van der Waals surface area contributed by atoms with E-state index in [4.69, 9.17) is 0 Å². The Morgan fingerprint density at radius 1 is 0.944 bits per heavy atom. The Hall–Kier alpha value is -0.930. The third-order valence-corrected chi connectivity index (χ3v) is 4.24. The Morgan fingerprint density at radius 3 is 2.17 bits per heavy atom. The van der Waals surface area contributed by atoms with Crippen LogP contribution < -0.4 is 0 Å².